The topological polar surface area (TPSA) is 66.6 Å². The highest BCUT2D eigenvalue weighted by molar-refractivity contribution is 5.66. The van der Waals surface area contributed by atoms with Crippen LogP contribution in [0.3, 0.4) is 0 Å². The van der Waals surface area contributed by atoms with Gasteiger partial charge in [-0.25, -0.2) is 0 Å². The van der Waals surface area contributed by atoms with Gasteiger partial charge < -0.3 is 10.8 Å². The van der Waals surface area contributed by atoms with Gasteiger partial charge in [0.25, 0.3) is 0 Å². The molecule has 23 heavy (non-hydrogen) atoms. The zero-order valence-electron chi connectivity index (χ0n) is 14.1. The highest BCUT2D eigenvalue weighted by Gasteiger charge is 2.19. The number of unbranched alkanes of at least 4 members (excludes halogenated alkanes) is 7. The number of aliphatic carboxylic acids is 1. The average molecular weight is 318 g/mol. The van der Waals surface area contributed by atoms with Crippen LogP contribution in [0.25, 0.3) is 0 Å². The summed E-state index contributed by atoms with van der Waals surface area (Å²) >= 11 is 0. The summed E-state index contributed by atoms with van der Waals surface area (Å²) in [6.07, 6.45) is 9.74. The van der Waals surface area contributed by atoms with Crippen LogP contribution in [0.2, 0.25) is 0 Å². The maximum Gasteiger partial charge on any atom is 0.303 e. The first-order valence-electron chi connectivity index (χ1n) is 8.97. The molecule has 0 atom stereocenters. The first kappa shape index (κ1) is 17.8. The third kappa shape index (κ3) is 6.22. The zero-order chi connectivity index (χ0) is 16.5. The molecule has 1 aromatic carbocycles. The minimum atomic E-state index is -0.671. The Morgan fingerprint density at radius 3 is 2.30 bits per heavy atom. The number of hydrogen-bond donors (Lipinski definition) is 2. The van der Waals surface area contributed by atoms with Gasteiger partial charge in [-0.3, -0.25) is 9.69 Å². The van der Waals surface area contributed by atoms with E-state index in [9.17, 15) is 4.79 Å². The zero-order valence-corrected chi connectivity index (χ0v) is 14.1. The van der Waals surface area contributed by atoms with Gasteiger partial charge >= 0.3 is 5.97 Å². The van der Waals surface area contributed by atoms with E-state index in [4.69, 9.17) is 10.8 Å². The maximum absolute atomic E-state index is 10.4. The molecule has 0 radical (unpaired) electrons. The maximum atomic E-state index is 10.4. The van der Waals surface area contributed by atoms with Crippen LogP contribution >= 0.6 is 0 Å². The third-order valence-corrected chi connectivity index (χ3v) is 4.70. The van der Waals surface area contributed by atoms with Gasteiger partial charge in [-0.1, -0.05) is 50.7 Å². The number of carboxylic acid groups (broad SMARTS) is 1. The lowest BCUT2D eigenvalue weighted by Gasteiger charge is -2.14. The van der Waals surface area contributed by atoms with E-state index in [-0.39, 0.29) is 0 Å². The van der Waals surface area contributed by atoms with E-state index in [0.29, 0.717) is 6.42 Å². The molecule has 0 aromatic heterocycles. The molecule has 1 aliphatic heterocycles. The molecule has 2 rings (SSSR count). The second kappa shape index (κ2) is 9.56. The number of carboxylic acids is 1. The number of hydrogen-bond acceptors (Lipinski definition) is 3. The summed E-state index contributed by atoms with van der Waals surface area (Å²) in [7, 11) is 0. The lowest BCUT2D eigenvalue weighted by Crippen LogP contribution is -2.17. The monoisotopic (exact) mass is 318 g/mol. The molecule has 0 unspecified atom stereocenters. The molecule has 0 bridgehead atoms. The predicted molar refractivity (Wildman–Crippen MR) is 94.2 cm³/mol. The van der Waals surface area contributed by atoms with Crippen LogP contribution in [0.1, 0.15) is 68.9 Å². The average Bonchev–Trinajstić information content (AvgIpc) is 2.93. The summed E-state index contributed by atoms with van der Waals surface area (Å²) in [6.45, 7) is 3.21. The van der Waals surface area contributed by atoms with Crippen molar-refractivity contribution in [3.8, 4) is 0 Å². The number of nitrogens with two attached hydrogens (primary N) is 1. The molecule has 1 aromatic rings. The Bertz CT molecular complexity index is 502. The van der Waals surface area contributed by atoms with E-state index >= 15 is 0 Å². The smallest absolute Gasteiger partial charge is 0.303 e. The molecule has 0 fully saturated rings. The number of rotatable bonds is 11. The summed E-state index contributed by atoms with van der Waals surface area (Å²) in [5.41, 5.74) is 9.70. The van der Waals surface area contributed by atoms with Gasteiger partial charge in [0.2, 0.25) is 0 Å². The van der Waals surface area contributed by atoms with Gasteiger partial charge in [-0.2, -0.15) is 0 Å². The van der Waals surface area contributed by atoms with Crippen LogP contribution in [0.15, 0.2) is 18.2 Å². The lowest BCUT2D eigenvalue weighted by molar-refractivity contribution is -0.137. The quantitative estimate of drug-likeness (QED) is 0.474. The molecule has 0 amide bonds. The molecule has 0 saturated heterocycles. The van der Waals surface area contributed by atoms with Crippen molar-refractivity contribution in [1.82, 2.24) is 4.90 Å². The molecule has 128 valence electrons. The van der Waals surface area contributed by atoms with E-state index in [1.54, 1.807) is 0 Å². The van der Waals surface area contributed by atoms with Crippen molar-refractivity contribution in [1.29, 1.82) is 0 Å². The fraction of sp³-hybridized carbons (Fsp3) is 0.632. The Labute approximate surface area is 139 Å². The summed E-state index contributed by atoms with van der Waals surface area (Å²) in [4.78, 5) is 12.9. The molecule has 0 spiro atoms. The molecular weight excluding hydrogens is 288 g/mol. The SMILES string of the molecule is Nc1cccc2c1CN(CCCCCCCCCCC(=O)O)C2. The van der Waals surface area contributed by atoms with E-state index in [2.05, 4.69) is 11.0 Å². The molecule has 0 saturated carbocycles. The Morgan fingerprint density at radius 2 is 1.65 bits per heavy atom. The van der Waals surface area contributed by atoms with Crippen molar-refractivity contribution in [2.45, 2.75) is 70.9 Å². The normalized spacial score (nSPS) is 14.1. The summed E-state index contributed by atoms with van der Waals surface area (Å²) < 4.78 is 0. The minimum absolute atomic E-state index is 0.322. The Hall–Kier alpha value is -1.55. The second-order valence-electron chi connectivity index (χ2n) is 6.67. The third-order valence-electron chi connectivity index (χ3n) is 4.70. The largest absolute Gasteiger partial charge is 0.481 e. The van der Waals surface area contributed by atoms with Crippen molar-refractivity contribution >= 4 is 11.7 Å². The molecule has 3 N–H and O–H groups in total. The molecule has 0 aliphatic carbocycles. The van der Waals surface area contributed by atoms with Crippen molar-refractivity contribution in [2.24, 2.45) is 0 Å². The van der Waals surface area contributed by atoms with Gasteiger partial charge in [-0.15, -0.1) is 0 Å². The number of fused-ring (bicyclic) bond motifs is 1. The number of anilines is 1. The van der Waals surface area contributed by atoms with Gasteiger partial charge in [0.1, 0.15) is 0 Å². The highest BCUT2D eigenvalue weighted by Crippen LogP contribution is 2.27. The van der Waals surface area contributed by atoms with Crippen molar-refractivity contribution in [3.05, 3.63) is 29.3 Å². The minimum Gasteiger partial charge on any atom is -0.481 e. The number of nitrogens with zero attached hydrogens (tertiary/aromatic N) is 1. The highest BCUT2D eigenvalue weighted by atomic mass is 16.4. The standard InChI is InChI=1S/C19H30N2O2/c20-18-11-9-10-16-14-21(15-17(16)18)13-8-6-4-2-1-3-5-7-12-19(22)23/h9-11H,1-8,12-15,20H2,(H,22,23). The van der Waals surface area contributed by atoms with Crippen LogP contribution in [-0.2, 0) is 17.9 Å². The van der Waals surface area contributed by atoms with E-state index in [0.717, 1.165) is 38.2 Å². The fourth-order valence-electron chi connectivity index (χ4n) is 3.35. The van der Waals surface area contributed by atoms with Crippen molar-refractivity contribution in [3.63, 3.8) is 0 Å². The molecule has 4 nitrogen and oxygen atoms in total. The number of carbonyl (C=O) groups is 1. The van der Waals surface area contributed by atoms with Gasteiger partial charge in [0, 0.05) is 25.2 Å². The van der Waals surface area contributed by atoms with Crippen molar-refractivity contribution in [2.75, 3.05) is 12.3 Å². The molecule has 1 aliphatic rings. The number of nitrogen functional groups attached to an aromatic ring is 1. The van der Waals surface area contributed by atoms with Gasteiger partial charge in [-0.05, 0) is 36.6 Å². The fourth-order valence-corrected chi connectivity index (χ4v) is 3.35. The summed E-state index contributed by atoms with van der Waals surface area (Å²) in [6, 6.07) is 6.24. The molecule has 1 heterocycles. The predicted octanol–water partition coefficient (Wildman–Crippen LogP) is 4.18. The second-order valence-corrected chi connectivity index (χ2v) is 6.67. The first-order chi connectivity index (χ1) is 11.2. The summed E-state index contributed by atoms with van der Waals surface area (Å²) in [5, 5.41) is 8.56. The van der Waals surface area contributed by atoms with E-state index < -0.39 is 5.97 Å². The number of benzene rings is 1. The Kier molecular flexibility index (Phi) is 7.40. The van der Waals surface area contributed by atoms with Crippen molar-refractivity contribution < 1.29 is 9.90 Å². The Morgan fingerprint density at radius 1 is 1.00 bits per heavy atom. The molecular formula is C19H30N2O2. The Balaban J connectivity index is 1.45. The lowest BCUT2D eigenvalue weighted by atomic mass is 10.1. The van der Waals surface area contributed by atoms with Crippen LogP contribution in [0.4, 0.5) is 5.69 Å². The first-order valence-corrected chi connectivity index (χ1v) is 8.97. The van der Waals surface area contributed by atoms with Crippen LogP contribution in [-0.4, -0.2) is 22.5 Å². The van der Waals surface area contributed by atoms with Gasteiger partial charge in [0.15, 0.2) is 0 Å². The van der Waals surface area contributed by atoms with Crippen LogP contribution in [0, 0.1) is 0 Å². The summed E-state index contributed by atoms with van der Waals surface area (Å²) in [5.74, 6) is -0.671. The van der Waals surface area contributed by atoms with Crippen LogP contribution < -0.4 is 5.73 Å². The van der Waals surface area contributed by atoms with Gasteiger partial charge in [0.05, 0.1) is 0 Å². The van der Waals surface area contributed by atoms with E-state index in [1.807, 2.05) is 12.1 Å². The van der Waals surface area contributed by atoms with E-state index in [1.165, 1.54) is 49.7 Å². The molecule has 4 heteroatoms. The van der Waals surface area contributed by atoms with Crippen LogP contribution in [0.5, 0.6) is 0 Å².